The van der Waals surface area contributed by atoms with Gasteiger partial charge < -0.3 is 15.2 Å². The molecule has 0 bridgehead atoms. The van der Waals surface area contributed by atoms with E-state index in [2.05, 4.69) is 24.1 Å². The van der Waals surface area contributed by atoms with Gasteiger partial charge in [-0.15, -0.1) is 0 Å². The molecule has 0 atom stereocenters. The lowest BCUT2D eigenvalue weighted by molar-refractivity contribution is -0.145. The lowest BCUT2D eigenvalue weighted by atomic mass is 10.1. The number of hydrogen-bond acceptors (Lipinski definition) is 4. The molecule has 20 heavy (non-hydrogen) atoms. The number of amides is 1. The summed E-state index contributed by atoms with van der Waals surface area (Å²) in [4.78, 5) is 24.4. The Bertz CT molecular complexity index is 310. The lowest BCUT2D eigenvalue weighted by Crippen LogP contribution is -2.45. The largest absolute Gasteiger partial charge is 0.480 e. The van der Waals surface area contributed by atoms with Crippen molar-refractivity contribution in [2.24, 2.45) is 0 Å². The normalized spacial score (nSPS) is 17.4. The van der Waals surface area contributed by atoms with Crippen LogP contribution in [0.25, 0.3) is 0 Å². The van der Waals surface area contributed by atoms with Gasteiger partial charge in [-0.1, -0.05) is 13.8 Å². The number of nitrogens with zero attached hydrogens (tertiary/aromatic N) is 1. The average Bonchev–Trinajstić information content (AvgIpc) is 2.44. The summed E-state index contributed by atoms with van der Waals surface area (Å²) < 4.78 is 5.27. The zero-order chi connectivity index (χ0) is 15.0. The highest BCUT2D eigenvalue weighted by Crippen LogP contribution is 2.13. The van der Waals surface area contributed by atoms with Crippen molar-refractivity contribution in [2.45, 2.75) is 51.7 Å². The smallest absolute Gasteiger partial charge is 0.329 e. The molecule has 0 spiro atoms. The lowest BCUT2D eigenvalue weighted by Gasteiger charge is -2.31. The Kier molecular flexibility index (Phi) is 7.54. The Balaban J connectivity index is 2.21. The van der Waals surface area contributed by atoms with Crippen LogP contribution in [-0.4, -0.2) is 60.3 Å². The first-order valence-corrected chi connectivity index (χ1v) is 7.40. The Morgan fingerprint density at radius 2 is 1.90 bits per heavy atom. The SMILES string of the molecule is CCC(CC)NC(=O)CN1CCC(OCC(=O)O)CC1. The number of carboxylic acids is 1. The molecule has 0 radical (unpaired) electrons. The number of likely N-dealkylation sites (tertiary alicyclic amines) is 1. The molecule has 1 heterocycles. The zero-order valence-electron chi connectivity index (χ0n) is 12.4. The molecule has 1 fully saturated rings. The number of aliphatic carboxylic acids is 1. The molecule has 0 unspecified atom stereocenters. The van der Waals surface area contributed by atoms with Crippen LogP contribution >= 0.6 is 0 Å². The zero-order valence-corrected chi connectivity index (χ0v) is 12.4. The van der Waals surface area contributed by atoms with E-state index < -0.39 is 5.97 Å². The van der Waals surface area contributed by atoms with Crippen molar-refractivity contribution in [2.75, 3.05) is 26.2 Å². The molecule has 0 saturated carbocycles. The van der Waals surface area contributed by atoms with E-state index in [1.165, 1.54) is 0 Å². The van der Waals surface area contributed by atoms with Crippen molar-refractivity contribution >= 4 is 11.9 Å². The average molecular weight is 286 g/mol. The first kappa shape index (κ1) is 16.9. The number of nitrogens with one attached hydrogen (secondary N) is 1. The fraction of sp³-hybridized carbons (Fsp3) is 0.857. The predicted molar refractivity (Wildman–Crippen MR) is 75.6 cm³/mol. The Morgan fingerprint density at radius 1 is 1.30 bits per heavy atom. The van der Waals surface area contributed by atoms with E-state index in [4.69, 9.17) is 9.84 Å². The van der Waals surface area contributed by atoms with Gasteiger partial charge in [-0.05, 0) is 25.7 Å². The van der Waals surface area contributed by atoms with Crippen LogP contribution in [0.4, 0.5) is 0 Å². The number of carboxylic acid groups (broad SMARTS) is 1. The van der Waals surface area contributed by atoms with Crippen molar-refractivity contribution in [1.82, 2.24) is 10.2 Å². The Morgan fingerprint density at radius 3 is 2.40 bits per heavy atom. The molecule has 6 nitrogen and oxygen atoms in total. The summed E-state index contributed by atoms with van der Waals surface area (Å²) in [5.74, 6) is -0.861. The van der Waals surface area contributed by atoms with Crippen LogP contribution in [-0.2, 0) is 14.3 Å². The van der Waals surface area contributed by atoms with Gasteiger partial charge in [0.1, 0.15) is 6.61 Å². The molecule has 6 heteroatoms. The third-order valence-electron chi connectivity index (χ3n) is 3.70. The second-order valence-electron chi connectivity index (χ2n) is 5.26. The van der Waals surface area contributed by atoms with E-state index in [1.807, 2.05) is 0 Å². The van der Waals surface area contributed by atoms with E-state index in [0.29, 0.717) is 6.54 Å². The molecule has 116 valence electrons. The molecule has 1 aliphatic heterocycles. The van der Waals surface area contributed by atoms with Crippen LogP contribution < -0.4 is 5.32 Å². The molecule has 0 aromatic carbocycles. The molecule has 0 aromatic heterocycles. The summed E-state index contributed by atoms with van der Waals surface area (Å²) in [5, 5.41) is 11.6. The monoisotopic (exact) mass is 286 g/mol. The van der Waals surface area contributed by atoms with E-state index in [-0.39, 0.29) is 24.7 Å². The highest BCUT2D eigenvalue weighted by molar-refractivity contribution is 5.78. The minimum atomic E-state index is -0.933. The van der Waals surface area contributed by atoms with Gasteiger partial charge in [0, 0.05) is 19.1 Å². The molecule has 0 aliphatic carbocycles. The van der Waals surface area contributed by atoms with E-state index in [1.54, 1.807) is 0 Å². The van der Waals surface area contributed by atoms with Gasteiger partial charge in [-0.2, -0.15) is 0 Å². The predicted octanol–water partition coefficient (Wildman–Crippen LogP) is 0.857. The quantitative estimate of drug-likeness (QED) is 0.692. The third-order valence-corrected chi connectivity index (χ3v) is 3.70. The van der Waals surface area contributed by atoms with Crippen molar-refractivity contribution < 1.29 is 19.4 Å². The summed E-state index contributed by atoms with van der Waals surface area (Å²) >= 11 is 0. The minimum Gasteiger partial charge on any atom is -0.480 e. The standard InChI is InChI=1S/C14H26N2O4/c1-3-11(4-2)15-13(17)9-16-7-5-12(6-8-16)20-10-14(18)19/h11-12H,3-10H2,1-2H3,(H,15,17)(H,18,19). The van der Waals surface area contributed by atoms with Crippen LogP contribution in [0.2, 0.25) is 0 Å². The fourth-order valence-electron chi connectivity index (χ4n) is 2.39. The second-order valence-corrected chi connectivity index (χ2v) is 5.26. The number of piperidine rings is 1. The van der Waals surface area contributed by atoms with Gasteiger partial charge in [0.05, 0.1) is 12.6 Å². The molecule has 2 N–H and O–H groups in total. The molecule has 1 saturated heterocycles. The molecule has 1 amide bonds. The summed E-state index contributed by atoms with van der Waals surface area (Å²) in [6.07, 6.45) is 3.47. The fourth-order valence-corrected chi connectivity index (χ4v) is 2.39. The third kappa shape index (κ3) is 6.34. The van der Waals surface area contributed by atoms with Crippen molar-refractivity contribution in [3.05, 3.63) is 0 Å². The van der Waals surface area contributed by atoms with Crippen LogP contribution in [0, 0.1) is 0 Å². The minimum absolute atomic E-state index is 0.00411. The maximum atomic E-state index is 11.9. The summed E-state index contributed by atoms with van der Waals surface area (Å²) in [7, 11) is 0. The highest BCUT2D eigenvalue weighted by Gasteiger charge is 2.22. The van der Waals surface area contributed by atoms with Crippen molar-refractivity contribution in [1.29, 1.82) is 0 Å². The number of carbonyl (C=O) groups excluding carboxylic acids is 1. The van der Waals surface area contributed by atoms with Gasteiger partial charge in [-0.25, -0.2) is 4.79 Å². The maximum Gasteiger partial charge on any atom is 0.329 e. The first-order valence-electron chi connectivity index (χ1n) is 7.40. The number of carbonyl (C=O) groups is 2. The molecule has 1 rings (SSSR count). The number of ether oxygens (including phenoxy) is 1. The number of hydrogen-bond donors (Lipinski definition) is 2. The summed E-state index contributed by atoms with van der Waals surface area (Å²) in [6, 6.07) is 0.263. The second kappa shape index (κ2) is 8.92. The van der Waals surface area contributed by atoms with Gasteiger partial charge in [0.2, 0.25) is 5.91 Å². The Hall–Kier alpha value is -1.14. The van der Waals surface area contributed by atoms with Crippen LogP contribution in [0.15, 0.2) is 0 Å². The van der Waals surface area contributed by atoms with E-state index >= 15 is 0 Å². The van der Waals surface area contributed by atoms with Gasteiger partial charge in [0.15, 0.2) is 0 Å². The summed E-state index contributed by atoms with van der Waals surface area (Å²) in [6.45, 7) is 5.88. The highest BCUT2D eigenvalue weighted by atomic mass is 16.5. The van der Waals surface area contributed by atoms with E-state index in [0.717, 1.165) is 38.8 Å². The van der Waals surface area contributed by atoms with Crippen LogP contribution in [0.1, 0.15) is 39.5 Å². The topological polar surface area (TPSA) is 78.9 Å². The molecule has 1 aliphatic rings. The summed E-state index contributed by atoms with van der Waals surface area (Å²) in [5.41, 5.74) is 0. The molecule has 0 aromatic rings. The van der Waals surface area contributed by atoms with Crippen LogP contribution in [0.5, 0.6) is 0 Å². The maximum absolute atomic E-state index is 11.9. The van der Waals surface area contributed by atoms with Gasteiger partial charge in [0.25, 0.3) is 0 Å². The Labute approximate surface area is 120 Å². The number of rotatable bonds is 8. The molecular formula is C14H26N2O4. The van der Waals surface area contributed by atoms with Crippen molar-refractivity contribution in [3.63, 3.8) is 0 Å². The molecular weight excluding hydrogens is 260 g/mol. The van der Waals surface area contributed by atoms with Gasteiger partial charge in [-0.3, -0.25) is 9.69 Å². The van der Waals surface area contributed by atoms with Crippen LogP contribution in [0.3, 0.4) is 0 Å². The van der Waals surface area contributed by atoms with Gasteiger partial charge >= 0.3 is 5.97 Å². The first-order chi connectivity index (χ1) is 9.55. The van der Waals surface area contributed by atoms with Crippen molar-refractivity contribution in [3.8, 4) is 0 Å². The van der Waals surface area contributed by atoms with E-state index in [9.17, 15) is 9.59 Å².